The molecule has 1 aliphatic rings. The fraction of sp³-hybridized carbons (Fsp3) is 0.643. The number of aromatic nitrogens is 2. The lowest BCUT2D eigenvalue weighted by atomic mass is 9.91. The third kappa shape index (κ3) is 2.41. The molecule has 1 saturated carbocycles. The van der Waals surface area contributed by atoms with E-state index in [9.17, 15) is 0 Å². The maximum Gasteiger partial charge on any atom is 0.162 e. The predicted molar refractivity (Wildman–Crippen MR) is 77.8 cm³/mol. The first-order valence-corrected chi connectivity index (χ1v) is 7.05. The van der Waals surface area contributed by atoms with Crippen LogP contribution in [0.3, 0.4) is 0 Å². The minimum absolute atomic E-state index is 0.0997. The van der Waals surface area contributed by atoms with Gasteiger partial charge in [-0.25, -0.2) is 0 Å². The maximum absolute atomic E-state index is 7.88. The van der Waals surface area contributed by atoms with E-state index in [1.807, 2.05) is 7.05 Å². The van der Waals surface area contributed by atoms with Crippen LogP contribution in [0.2, 0.25) is 0 Å². The van der Waals surface area contributed by atoms with Crippen molar-refractivity contribution in [2.75, 3.05) is 11.9 Å². The lowest BCUT2D eigenvalue weighted by Crippen LogP contribution is -2.39. The van der Waals surface area contributed by atoms with Gasteiger partial charge >= 0.3 is 0 Å². The monoisotopic (exact) mass is 261 g/mol. The molecule has 0 aliphatic heterocycles. The van der Waals surface area contributed by atoms with Crippen molar-refractivity contribution >= 4 is 11.7 Å². The van der Waals surface area contributed by atoms with Gasteiger partial charge in [-0.1, -0.05) is 13.8 Å². The highest BCUT2D eigenvalue weighted by Gasteiger charge is 2.27. The molecule has 0 amide bonds. The Morgan fingerprint density at radius 3 is 2.42 bits per heavy atom. The Labute approximate surface area is 114 Å². The summed E-state index contributed by atoms with van der Waals surface area (Å²) in [5, 5.41) is 16.6. The van der Waals surface area contributed by atoms with Crippen molar-refractivity contribution in [3.05, 3.63) is 16.8 Å². The highest BCUT2D eigenvalue weighted by molar-refractivity contribution is 6.01. The van der Waals surface area contributed by atoms with Crippen molar-refractivity contribution in [1.82, 2.24) is 10.2 Å². The number of rotatable bonds is 5. The van der Waals surface area contributed by atoms with Gasteiger partial charge < -0.3 is 10.6 Å². The number of nitrogen functional groups attached to an aromatic ring is 1. The van der Waals surface area contributed by atoms with E-state index in [0.29, 0.717) is 6.04 Å². The van der Waals surface area contributed by atoms with Crippen LogP contribution in [-0.4, -0.2) is 29.1 Å². The van der Waals surface area contributed by atoms with Gasteiger partial charge in [0.2, 0.25) is 0 Å². The fourth-order valence-electron chi connectivity index (χ4n) is 2.64. The Kier molecular flexibility index (Phi) is 4.02. The van der Waals surface area contributed by atoms with E-state index in [2.05, 4.69) is 28.9 Å². The van der Waals surface area contributed by atoms with Crippen molar-refractivity contribution in [3.63, 3.8) is 0 Å². The average molecular weight is 261 g/mol. The van der Waals surface area contributed by atoms with Gasteiger partial charge in [0.25, 0.3) is 0 Å². The van der Waals surface area contributed by atoms with Crippen molar-refractivity contribution in [1.29, 1.82) is 5.41 Å². The highest BCUT2D eigenvalue weighted by atomic mass is 15.3. The van der Waals surface area contributed by atoms with Crippen molar-refractivity contribution in [2.24, 2.45) is 5.73 Å². The molecule has 0 spiro atoms. The molecule has 0 saturated heterocycles. The predicted octanol–water partition coefficient (Wildman–Crippen LogP) is 1.87. The lowest BCUT2D eigenvalue weighted by Gasteiger charge is -2.36. The van der Waals surface area contributed by atoms with Crippen LogP contribution in [0.15, 0.2) is 0 Å². The summed E-state index contributed by atoms with van der Waals surface area (Å²) in [6.07, 6.45) is 5.30. The van der Waals surface area contributed by atoms with Crippen LogP contribution < -0.4 is 10.6 Å². The average Bonchev–Trinajstić information content (AvgIpc) is 2.34. The maximum atomic E-state index is 7.88. The summed E-state index contributed by atoms with van der Waals surface area (Å²) in [5.74, 6) is 0.869. The zero-order valence-electron chi connectivity index (χ0n) is 12.0. The zero-order valence-corrected chi connectivity index (χ0v) is 12.0. The molecule has 1 fully saturated rings. The third-order valence-electron chi connectivity index (χ3n) is 4.05. The molecule has 0 aromatic carbocycles. The molecular weight excluding hydrogens is 238 g/mol. The van der Waals surface area contributed by atoms with E-state index in [1.165, 1.54) is 19.3 Å². The minimum Gasteiger partial charge on any atom is -0.384 e. The van der Waals surface area contributed by atoms with Gasteiger partial charge in [-0.2, -0.15) is 5.10 Å². The standard InChI is InChI=1S/C14H23N5/c1-4-10-11(5-2)17-18-14(12(10)13(15)16)19(3)9-7-6-8-9/h9H,4-8H2,1-3H3,(H3,15,16). The molecule has 1 aliphatic carbocycles. The van der Waals surface area contributed by atoms with Gasteiger partial charge in [0.15, 0.2) is 5.82 Å². The van der Waals surface area contributed by atoms with Crippen molar-refractivity contribution < 1.29 is 0 Å². The summed E-state index contributed by atoms with van der Waals surface area (Å²) in [7, 11) is 2.03. The number of nitrogens with zero attached hydrogens (tertiary/aromatic N) is 3. The molecule has 2 rings (SSSR count). The molecule has 0 bridgehead atoms. The smallest absolute Gasteiger partial charge is 0.162 e. The molecule has 5 nitrogen and oxygen atoms in total. The van der Waals surface area contributed by atoms with Gasteiger partial charge in [-0.3, -0.25) is 5.41 Å². The number of hydrogen-bond donors (Lipinski definition) is 2. The van der Waals surface area contributed by atoms with E-state index < -0.39 is 0 Å². The molecule has 0 radical (unpaired) electrons. The van der Waals surface area contributed by atoms with Gasteiger partial charge in [0.1, 0.15) is 5.84 Å². The normalized spacial score (nSPS) is 15.1. The first kappa shape index (κ1) is 13.8. The summed E-state index contributed by atoms with van der Waals surface area (Å²) >= 11 is 0. The molecule has 0 unspecified atom stereocenters. The highest BCUT2D eigenvalue weighted by Crippen LogP contribution is 2.30. The molecule has 1 aromatic heterocycles. The summed E-state index contributed by atoms with van der Waals surface area (Å²) in [6.45, 7) is 4.14. The molecule has 1 heterocycles. The third-order valence-corrected chi connectivity index (χ3v) is 4.05. The summed E-state index contributed by atoms with van der Waals surface area (Å²) in [6, 6.07) is 0.518. The van der Waals surface area contributed by atoms with Crippen LogP contribution in [-0.2, 0) is 12.8 Å². The SMILES string of the molecule is CCc1nnc(N(C)C2CCC2)c(C(=N)N)c1CC. The molecule has 104 valence electrons. The summed E-state index contributed by atoms with van der Waals surface area (Å²) < 4.78 is 0. The largest absolute Gasteiger partial charge is 0.384 e. The zero-order chi connectivity index (χ0) is 14.0. The van der Waals surface area contributed by atoms with Gasteiger partial charge in [0, 0.05) is 13.1 Å². The van der Waals surface area contributed by atoms with E-state index in [0.717, 1.165) is 35.5 Å². The van der Waals surface area contributed by atoms with E-state index in [-0.39, 0.29) is 5.84 Å². The molecule has 5 heteroatoms. The topological polar surface area (TPSA) is 78.9 Å². The number of hydrogen-bond acceptors (Lipinski definition) is 4. The van der Waals surface area contributed by atoms with Gasteiger partial charge in [-0.05, 0) is 37.7 Å². The first-order chi connectivity index (χ1) is 9.10. The lowest BCUT2D eigenvalue weighted by molar-refractivity contribution is 0.398. The molecule has 0 atom stereocenters. The Hall–Kier alpha value is -1.65. The Morgan fingerprint density at radius 2 is 2.00 bits per heavy atom. The Balaban J connectivity index is 2.50. The van der Waals surface area contributed by atoms with Crippen LogP contribution in [0.4, 0.5) is 5.82 Å². The van der Waals surface area contributed by atoms with Crippen LogP contribution in [0.1, 0.15) is 49.9 Å². The van der Waals surface area contributed by atoms with Crippen molar-refractivity contribution in [2.45, 2.75) is 52.0 Å². The molecule has 19 heavy (non-hydrogen) atoms. The van der Waals surface area contributed by atoms with Crippen LogP contribution in [0.25, 0.3) is 0 Å². The van der Waals surface area contributed by atoms with Crippen molar-refractivity contribution in [3.8, 4) is 0 Å². The van der Waals surface area contributed by atoms with Crippen LogP contribution in [0, 0.1) is 5.41 Å². The fourth-order valence-corrected chi connectivity index (χ4v) is 2.64. The van der Waals surface area contributed by atoms with E-state index in [4.69, 9.17) is 11.1 Å². The summed E-state index contributed by atoms with van der Waals surface area (Å²) in [5.41, 5.74) is 8.61. The quantitative estimate of drug-likeness (QED) is 0.626. The van der Waals surface area contributed by atoms with Gasteiger partial charge in [-0.15, -0.1) is 5.10 Å². The van der Waals surface area contributed by atoms with Crippen LogP contribution >= 0.6 is 0 Å². The second kappa shape index (κ2) is 5.55. The summed E-state index contributed by atoms with van der Waals surface area (Å²) in [4.78, 5) is 2.14. The second-order valence-electron chi connectivity index (χ2n) is 5.14. The Bertz CT molecular complexity index is 479. The molecular formula is C14H23N5. The van der Waals surface area contributed by atoms with E-state index >= 15 is 0 Å². The van der Waals surface area contributed by atoms with Crippen LogP contribution in [0.5, 0.6) is 0 Å². The van der Waals surface area contributed by atoms with Gasteiger partial charge in [0.05, 0.1) is 11.3 Å². The number of nitrogens with one attached hydrogen (secondary N) is 1. The minimum atomic E-state index is 0.0997. The number of amidine groups is 1. The Morgan fingerprint density at radius 1 is 1.32 bits per heavy atom. The first-order valence-electron chi connectivity index (χ1n) is 7.05. The number of aryl methyl sites for hydroxylation is 1. The number of anilines is 1. The second-order valence-corrected chi connectivity index (χ2v) is 5.14. The van der Waals surface area contributed by atoms with E-state index in [1.54, 1.807) is 0 Å². The molecule has 3 N–H and O–H groups in total. The molecule has 1 aromatic rings. The number of nitrogens with two attached hydrogens (primary N) is 1.